The SMILES string of the molecule is CCON=C(C)c1oc2c(OC)ccc(-c3c(Cl)cncc3Cl)c2c1C(N)=O. The zero-order chi connectivity index (χ0) is 20.4. The van der Waals surface area contributed by atoms with Crippen LogP contribution in [-0.4, -0.2) is 30.3 Å². The molecule has 3 rings (SSSR count). The number of carbonyl (C=O) groups excluding carboxylic acids is 1. The van der Waals surface area contributed by atoms with Gasteiger partial charge in [-0.25, -0.2) is 0 Å². The largest absolute Gasteiger partial charge is 0.493 e. The monoisotopic (exact) mass is 421 g/mol. The number of aromatic nitrogens is 1. The van der Waals surface area contributed by atoms with E-state index in [-0.39, 0.29) is 11.3 Å². The van der Waals surface area contributed by atoms with Gasteiger partial charge in [0.05, 0.1) is 22.7 Å². The molecule has 0 bridgehead atoms. The van der Waals surface area contributed by atoms with Gasteiger partial charge in [0.25, 0.3) is 5.91 Å². The molecule has 0 spiro atoms. The molecule has 146 valence electrons. The molecule has 0 aliphatic heterocycles. The number of hydrogen-bond acceptors (Lipinski definition) is 6. The van der Waals surface area contributed by atoms with Gasteiger partial charge in [0.2, 0.25) is 0 Å². The van der Waals surface area contributed by atoms with E-state index in [0.29, 0.717) is 50.2 Å². The van der Waals surface area contributed by atoms with Crippen LogP contribution in [0.4, 0.5) is 0 Å². The highest BCUT2D eigenvalue weighted by Crippen LogP contribution is 2.44. The van der Waals surface area contributed by atoms with Crippen molar-refractivity contribution in [2.24, 2.45) is 10.9 Å². The Bertz CT molecular complexity index is 1070. The average molecular weight is 422 g/mol. The number of nitrogens with zero attached hydrogens (tertiary/aromatic N) is 2. The first-order valence-electron chi connectivity index (χ1n) is 8.30. The van der Waals surface area contributed by atoms with E-state index in [1.54, 1.807) is 26.0 Å². The third-order valence-corrected chi connectivity index (χ3v) is 4.62. The second kappa shape index (κ2) is 8.08. The molecule has 7 nitrogen and oxygen atoms in total. The van der Waals surface area contributed by atoms with Crippen molar-refractivity contribution in [3.63, 3.8) is 0 Å². The Kier molecular flexibility index (Phi) is 5.76. The molecule has 28 heavy (non-hydrogen) atoms. The molecule has 0 radical (unpaired) electrons. The maximum atomic E-state index is 12.4. The van der Waals surface area contributed by atoms with Crippen LogP contribution in [0.15, 0.2) is 34.1 Å². The number of benzene rings is 1. The molecule has 1 aromatic carbocycles. The fourth-order valence-corrected chi connectivity index (χ4v) is 3.48. The summed E-state index contributed by atoms with van der Waals surface area (Å²) in [6, 6.07) is 3.42. The van der Waals surface area contributed by atoms with Gasteiger partial charge in [-0.3, -0.25) is 9.78 Å². The Labute approximate surface area is 171 Å². The second-order valence-electron chi connectivity index (χ2n) is 5.76. The highest BCUT2D eigenvalue weighted by atomic mass is 35.5. The molecular weight excluding hydrogens is 405 g/mol. The van der Waals surface area contributed by atoms with Crippen LogP contribution in [0.3, 0.4) is 0 Å². The summed E-state index contributed by atoms with van der Waals surface area (Å²) in [7, 11) is 1.49. The lowest BCUT2D eigenvalue weighted by atomic mass is 9.97. The first kappa shape index (κ1) is 20.0. The van der Waals surface area contributed by atoms with E-state index in [4.69, 9.17) is 42.9 Å². The molecule has 0 atom stereocenters. The number of primary amides is 1. The third kappa shape index (κ3) is 3.39. The van der Waals surface area contributed by atoms with E-state index in [2.05, 4.69) is 10.1 Å². The Morgan fingerprint density at radius 2 is 1.96 bits per heavy atom. The van der Waals surface area contributed by atoms with Gasteiger partial charge in [-0.2, -0.15) is 0 Å². The Hall–Kier alpha value is -2.77. The molecule has 0 saturated heterocycles. The van der Waals surface area contributed by atoms with Crippen LogP contribution in [0.5, 0.6) is 5.75 Å². The third-order valence-electron chi connectivity index (χ3n) is 4.05. The number of methoxy groups -OCH3 is 1. The summed E-state index contributed by atoms with van der Waals surface area (Å²) >= 11 is 12.7. The molecule has 0 unspecified atom stereocenters. The van der Waals surface area contributed by atoms with E-state index in [9.17, 15) is 4.79 Å². The molecule has 0 fully saturated rings. The van der Waals surface area contributed by atoms with Crippen molar-refractivity contribution in [1.29, 1.82) is 0 Å². The van der Waals surface area contributed by atoms with Crippen LogP contribution in [-0.2, 0) is 4.84 Å². The van der Waals surface area contributed by atoms with Gasteiger partial charge < -0.3 is 19.7 Å². The number of oxime groups is 1. The number of nitrogens with two attached hydrogens (primary N) is 1. The molecule has 1 amide bonds. The minimum atomic E-state index is -0.699. The van der Waals surface area contributed by atoms with Crippen molar-refractivity contribution in [2.45, 2.75) is 13.8 Å². The molecule has 0 aliphatic rings. The number of carbonyl (C=O) groups is 1. The Morgan fingerprint density at radius 1 is 1.29 bits per heavy atom. The molecule has 2 N–H and O–H groups in total. The summed E-state index contributed by atoms with van der Waals surface area (Å²) in [6.07, 6.45) is 2.93. The summed E-state index contributed by atoms with van der Waals surface area (Å²) in [5, 5.41) is 5.01. The Morgan fingerprint density at radius 3 is 2.54 bits per heavy atom. The summed E-state index contributed by atoms with van der Waals surface area (Å²) < 4.78 is 11.3. The van der Waals surface area contributed by atoms with Gasteiger partial charge >= 0.3 is 0 Å². The summed E-state index contributed by atoms with van der Waals surface area (Å²) in [5.74, 6) is -0.100. The topological polar surface area (TPSA) is 99.9 Å². The minimum absolute atomic E-state index is 0.133. The van der Waals surface area contributed by atoms with Gasteiger partial charge in [0, 0.05) is 23.3 Å². The number of halogens is 2. The van der Waals surface area contributed by atoms with Gasteiger partial charge in [-0.1, -0.05) is 28.4 Å². The van der Waals surface area contributed by atoms with E-state index in [1.807, 2.05) is 0 Å². The summed E-state index contributed by atoms with van der Waals surface area (Å²) in [6.45, 7) is 3.80. The highest BCUT2D eigenvalue weighted by molar-refractivity contribution is 6.39. The number of ether oxygens (including phenoxy) is 1. The highest BCUT2D eigenvalue weighted by Gasteiger charge is 2.27. The Balaban J connectivity index is 2.46. The first-order chi connectivity index (χ1) is 13.4. The quantitative estimate of drug-likeness (QED) is 0.460. The van der Waals surface area contributed by atoms with Crippen molar-refractivity contribution in [2.75, 3.05) is 13.7 Å². The number of furan rings is 1. The van der Waals surface area contributed by atoms with Crippen molar-refractivity contribution in [3.8, 4) is 16.9 Å². The van der Waals surface area contributed by atoms with E-state index in [0.717, 1.165) is 0 Å². The van der Waals surface area contributed by atoms with Gasteiger partial charge in [0.15, 0.2) is 17.1 Å². The van der Waals surface area contributed by atoms with Gasteiger partial charge in [0.1, 0.15) is 12.3 Å². The first-order valence-corrected chi connectivity index (χ1v) is 9.05. The van der Waals surface area contributed by atoms with Crippen LogP contribution >= 0.6 is 23.2 Å². The molecule has 0 saturated carbocycles. The molecule has 3 aromatic rings. The van der Waals surface area contributed by atoms with Crippen LogP contribution < -0.4 is 10.5 Å². The lowest BCUT2D eigenvalue weighted by Crippen LogP contribution is -2.14. The lowest BCUT2D eigenvalue weighted by Gasteiger charge is -2.10. The predicted molar refractivity (Wildman–Crippen MR) is 108 cm³/mol. The maximum absolute atomic E-state index is 12.4. The van der Waals surface area contributed by atoms with Crippen LogP contribution in [0, 0.1) is 0 Å². The smallest absolute Gasteiger partial charge is 0.253 e. The van der Waals surface area contributed by atoms with Crippen LogP contribution in [0.2, 0.25) is 10.0 Å². The molecule has 2 aromatic heterocycles. The van der Waals surface area contributed by atoms with E-state index < -0.39 is 5.91 Å². The standard InChI is InChI=1S/C19H17Cl2N3O4/c1-4-27-24-9(2)17-16(19(22)25)15-10(5-6-13(26-3)18(15)28-17)14-11(20)7-23-8-12(14)21/h5-8H,4H2,1-3H3,(H2,22,25). The summed E-state index contributed by atoms with van der Waals surface area (Å²) in [5.41, 5.74) is 7.55. The number of rotatable bonds is 6. The number of hydrogen-bond donors (Lipinski definition) is 1. The molecule has 0 aliphatic carbocycles. The molecule has 9 heteroatoms. The summed E-state index contributed by atoms with van der Waals surface area (Å²) in [4.78, 5) is 21.4. The fraction of sp³-hybridized carbons (Fsp3) is 0.211. The van der Waals surface area contributed by atoms with E-state index >= 15 is 0 Å². The zero-order valence-electron chi connectivity index (χ0n) is 15.4. The van der Waals surface area contributed by atoms with Gasteiger partial charge in [-0.05, 0) is 31.5 Å². The second-order valence-corrected chi connectivity index (χ2v) is 6.58. The maximum Gasteiger partial charge on any atom is 0.253 e. The van der Waals surface area contributed by atoms with Crippen molar-refractivity contribution in [3.05, 3.63) is 45.9 Å². The zero-order valence-corrected chi connectivity index (χ0v) is 16.9. The number of amides is 1. The van der Waals surface area contributed by atoms with Crippen molar-refractivity contribution < 1.29 is 18.8 Å². The average Bonchev–Trinajstić information content (AvgIpc) is 3.07. The normalized spacial score (nSPS) is 11.7. The molecule has 2 heterocycles. The van der Waals surface area contributed by atoms with Crippen LogP contribution in [0.25, 0.3) is 22.1 Å². The predicted octanol–water partition coefficient (Wildman–Crippen LogP) is 4.67. The fourth-order valence-electron chi connectivity index (χ4n) is 2.91. The number of pyridine rings is 1. The van der Waals surface area contributed by atoms with Gasteiger partial charge in [-0.15, -0.1) is 0 Å². The minimum Gasteiger partial charge on any atom is -0.493 e. The van der Waals surface area contributed by atoms with Crippen molar-refractivity contribution >= 4 is 45.8 Å². The lowest BCUT2D eigenvalue weighted by molar-refractivity contribution is 0.100. The molecular formula is C19H17Cl2N3O4. The number of fused-ring (bicyclic) bond motifs is 1. The van der Waals surface area contributed by atoms with Crippen molar-refractivity contribution in [1.82, 2.24) is 4.98 Å². The van der Waals surface area contributed by atoms with Crippen LogP contribution in [0.1, 0.15) is 30.0 Å². The van der Waals surface area contributed by atoms with E-state index in [1.165, 1.54) is 19.5 Å².